The van der Waals surface area contributed by atoms with Crippen LogP contribution in [0.15, 0.2) is 0 Å². The molecule has 0 saturated heterocycles. The lowest BCUT2D eigenvalue weighted by Gasteiger charge is -2.21. The lowest BCUT2D eigenvalue weighted by Crippen LogP contribution is -2.30. The third-order valence-electron chi connectivity index (χ3n) is 14.5. The van der Waals surface area contributed by atoms with Crippen LogP contribution >= 0.6 is 15.6 Å². The van der Waals surface area contributed by atoms with Crippen molar-refractivity contribution in [3.63, 3.8) is 0 Å². The number of carbonyl (C=O) groups excluding carboxylic acids is 4. The molecule has 0 aromatic rings. The number of aliphatic hydroxyl groups excluding tert-OH is 1. The van der Waals surface area contributed by atoms with Crippen LogP contribution in [0.25, 0.3) is 0 Å². The number of esters is 4. The largest absolute Gasteiger partial charge is 0.472 e. The lowest BCUT2D eigenvalue weighted by atomic mass is 10.0. The number of aliphatic hydroxyl groups is 1. The molecule has 0 rings (SSSR count). The highest BCUT2D eigenvalue weighted by Gasteiger charge is 2.30. The average molecular weight is 1210 g/mol. The number of carbonyl (C=O) groups is 4. The number of phosphoric acid groups is 2. The normalized spacial score (nSPS) is 14.3. The second-order valence-corrected chi connectivity index (χ2v) is 26.2. The van der Waals surface area contributed by atoms with Crippen molar-refractivity contribution in [2.24, 2.45) is 5.92 Å². The maximum absolute atomic E-state index is 13.0. The van der Waals surface area contributed by atoms with Crippen molar-refractivity contribution >= 4 is 39.5 Å². The van der Waals surface area contributed by atoms with Crippen LogP contribution in [0, 0.1) is 5.92 Å². The summed E-state index contributed by atoms with van der Waals surface area (Å²) in [5, 5.41) is 10.5. The zero-order valence-electron chi connectivity index (χ0n) is 52.6. The van der Waals surface area contributed by atoms with E-state index in [0.717, 1.165) is 121 Å². The van der Waals surface area contributed by atoms with E-state index in [1.165, 1.54) is 116 Å². The maximum atomic E-state index is 13.0. The molecular weight excluding hydrogens is 1090 g/mol. The standard InChI is InChI=1S/C63H122O17P2/c1-6-9-12-15-18-19-20-21-22-23-24-25-28-34-39-44-49-63(68)80-59(53-74-61(66)47-42-37-33-29-26-27-32-35-40-45-56(4)5)55-78-82(71,72)76-51-57(64)50-75-81(69,70)77-54-58(79-62(67)48-43-38-31-17-14-11-8-3)52-73-60(65)46-41-36-30-16-13-10-7-2/h56-59,64H,6-55H2,1-5H3,(H,69,70)(H,71,72)/t57-,58+,59+/m0/s1. The van der Waals surface area contributed by atoms with E-state index in [1.54, 1.807) is 0 Å². The first-order chi connectivity index (χ1) is 39.5. The van der Waals surface area contributed by atoms with E-state index in [0.29, 0.717) is 25.7 Å². The van der Waals surface area contributed by atoms with Crippen LogP contribution in [0.4, 0.5) is 0 Å². The molecule has 17 nitrogen and oxygen atoms in total. The number of unbranched alkanes of at least 4 members (excludes halogenated alkanes) is 35. The lowest BCUT2D eigenvalue weighted by molar-refractivity contribution is -0.161. The van der Waals surface area contributed by atoms with E-state index in [4.69, 9.17) is 37.0 Å². The second kappa shape index (κ2) is 56.8. The third-order valence-corrected chi connectivity index (χ3v) is 16.4. The van der Waals surface area contributed by atoms with Gasteiger partial charge in [0.15, 0.2) is 12.2 Å². The minimum absolute atomic E-state index is 0.103. The van der Waals surface area contributed by atoms with Crippen LogP contribution in [-0.4, -0.2) is 96.7 Å². The summed E-state index contributed by atoms with van der Waals surface area (Å²) >= 11 is 0. The molecule has 0 aliphatic heterocycles. The summed E-state index contributed by atoms with van der Waals surface area (Å²) in [6.07, 6.45) is 40.6. The Hall–Kier alpha value is -1.94. The molecule has 0 fully saturated rings. The van der Waals surface area contributed by atoms with Crippen molar-refractivity contribution in [2.75, 3.05) is 39.6 Å². The first-order valence-corrected chi connectivity index (χ1v) is 36.1. The van der Waals surface area contributed by atoms with Crippen LogP contribution in [0.3, 0.4) is 0 Å². The van der Waals surface area contributed by atoms with E-state index >= 15 is 0 Å². The van der Waals surface area contributed by atoms with Gasteiger partial charge in [-0.2, -0.15) is 0 Å². The summed E-state index contributed by atoms with van der Waals surface area (Å²) in [5.41, 5.74) is 0. The van der Waals surface area contributed by atoms with E-state index in [-0.39, 0.29) is 25.7 Å². The van der Waals surface area contributed by atoms with E-state index in [1.807, 2.05) is 0 Å². The van der Waals surface area contributed by atoms with Crippen LogP contribution < -0.4 is 0 Å². The molecule has 3 N–H and O–H groups in total. The Morgan fingerprint density at radius 2 is 0.561 bits per heavy atom. The summed E-state index contributed by atoms with van der Waals surface area (Å²) in [6, 6.07) is 0. The summed E-state index contributed by atoms with van der Waals surface area (Å²) in [6.45, 7) is 7.09. The maximum Gasteiger partial charge on any atom is 0.472 e. The SMILES string of the molecule is CCCCCCCCCCCCCCCCCCC(=O)O[C@H](COC(=O)CCCCCCCCCCCC(C)C)COP(=O)(O)OC[C@@H](O)COP(=O)(O)OC[C@@H](COC(=O)CCCCCCCCC)OC(=O)CCCCCCCCC. The molecule has 0 amide bonds. The van der Waals surface area contributed by atoms with Crippen LogP contribution in [0.1, 0.15) is 317 Å². The van der Waals surface area contributed by atoms with Crippen molar-refractivity contribution in [1.82, 2.24) is 0 Å². The molecule has 0 bridgehead atoms. The van der Waals surface area contributed by atoms with Crippen molar-refractivity contribution in [3.8, 4) is 0 Å². The molecule has 19 heteroatoms. The zero-order chi connectivity index (χ0) is 60.6. The minimum atomic E-state index is -4.94. The Balaban J connectivity index is 5.17. The van der Waals surface area contributed by atoms with E-state index < -0.39 is 97.5 Å². The highest BCUT2D eigenvalue weighted by atomic mass is 31.2. The van der Waals surface area contributed by atoms with Crippen molar-refractivity contribution in [2.45, 2.75) is 335 Å². The van der Waals surface area contributed by atoms with Gasteiger partial charge in [-0.25, -0.2) is 9.13 Å². The predicted molar refractivity (Wildman–Crippen MR) is 326 cm³/mol. The topological polar surface area (TPSA) is 237 Å². The molecule has 2 unspecified atom stereocenters. The number of hydrogen-bond acceptors (Lipinski definition) is 15. The van der Waals surface area contributed by atoms with Gasteiger partial charge in [-0.15, -0.1) is 0 Å². The molecule has 0 aromatic heterocycles. The van der Waals surface area contributed by atoms with Gasteiger partial charge in [0.05, 0.1) is 26.4 Å². The minimum Gasteiger partial charge on any atom is -0.462 e. The summed E-state index contributed by atoms with van der Waals surface area (Å²) < 4.78 is 67.8. The van der Waals surface area contributed by atoms with Gasteiger partial charge in [-0.3, -0.25) is 37.3 Å². The van der Waals surface area contributed by atoms with Gasteiger partial charge < -0.3 is 33.8 Å². The highest BCUT2D eigenvalue weighted by Crippen LogP contribution is 2.45. The van der Waals surface area contributed by atoms with Crippen LogP contribution in [-0.2, 0) is 65.4 Å². The summed E-state index contributed by atoms with van der Waals surface area (Å²) in [4.78, 5) is 71.9. The molecule has 0 radical (unpaired) electrons. The fourth-order valence-corrected chi connectivity index (χ4v) is 11.0. The van der Waals surface area contributed by atoms with Crippen molar-refractivity contribution in [1.29, 1.82) is 0 Å². The summed E-state index contributed by atoms with van der Waals surface area (Å²) in [5.74, 6) is -1.40. The van der Waals surface area contributed by atoms with Gasteiger partial charge in [0.1, 0.15) is 19.3 Å². The number of rotatable bonds is 63. The molecule has 0 aliphatic carbocycles. The molecule has 0 spiro atoms. The van der Waals surface area contributed by atoms with E-state index in [9.17, 15) is 43.2 Å². The Kier molecular flexibility index (Phi) is 55.5. The van der Waals surface area contributed by atoms with Crippen LogP contribution in [0.2, 0.25) is 0 Å². The van der Waals surface area contributed by atoms with Gasteiger partial charge in [-0.1, -0.05) is 266 Å². The molecule has 486 valence electrons. The molecule has 0 heterocycles. The number of phosphoric ester groups is 2. The average Bonchev–Trinajstić information content (AvgIpc) is 3.44. The molecule has 5 atom stereocenters. The van der Waals surface area contributed by atoms with Gasteiger partial charge in [0.25, 0.3) is 0 Å². The Bertz CT molecular complexity index is 1600. The highest BCUT2D eigenvalue weighted by molar-refractivity contribution is 7.47. The smallest absolute Gasteiger partial charge is 0.462 e. The van der Waals surface area contributed by atoms with Gasteiger partial charge in [0, 0.05) is 25.7 Å². The monoisotopic (exact) mass is 1210 g/mol. The molecule has 0 aromatic carbocycles. The number of hydrogen-bond donors (Lipinski definition) is 3. The Morgan fingerprint density at radius 1 is 0.329 bits per heavy atom. The van der Waals surface area contributed by atoms with Gasteiger partial charge in [-0.05, 0) is 31.6 Å². The van der Waals surface area contributed by atoms with Crippen molar-refractivity contribution in [3.05, 3.63) is 0 Å². The van der Waals surface area contributed by atoms with Gasteiger partial charge >= 0.3 is 39.5 Å². The van der Waals surface area contributed by atoms with Gasteiger partial charge in [0.2, 0.25) is 0 Å². The fraction of sp³-hybridized carbons (Fsp3) is 0.937. The first-order valence-electron chi connectivity index (χ1n) is 33.1. The third kappa shape index (κ3) is 57.2. The summed E-state index contributed by atoms with van der Waals surface area (Å²) in [7, 11) is -9.87. The molecule has 0 saturated carbocycles. The zero-order valence-corrected chi connectivity index (χ0v) is 54.4. The molecular formula is C63H122O17P2. The number of ether oxygens (including phenoxy) is 4. The second-order valence-electron chi connectivity index (χ2n) is 23.3. The molecule has 82 heavy (non-hydrogen) atoms. The van der Waals surface area contributed by atoms with E-state index in [2.05, 4.69) is 34.6 Å². The Labute approximate surface area is 498 Å². The van der Waals surface area contributed by atoms with Crippen molar-refractivity contribution < 1.29 is 80.2 Å². The first kappa shape index (κ1) is 80.1. The Morgan fingerprint density at radius 3 is 0.829 bits per heavy atom. The fourth-order valence-electron chi connectivity index (χ4n) is 9.41. The predicted octanol–water partition coefficient (Wildman–Crippen LogP) is 17.4. The molecule has 0 aliphatic rings. The quantitative estimate of drug-likeness (QED) is 0.0222. The van der Waals surface area contributed by atoms with Crippen LogP contribution in [0.5, 0.6) is 0 Å².